The zero-order valence-corrected chi connectivity index (χ0v) is 15.8. The number of rotatable bonds is 4. The van der Waals surface area contributed by atoms with E-state index in [-0.39, 0.29) is 23.6 Å². The summed E-state index contributed by atoms with van der Waals surface area (Å²) in [6.45, 7) is 9.06. The highest BCUT2D eigenvalue weighted by molar-refractivity contribution is 6.07. The van der Waals surface area contributed by atoms with Gasteiger partial charge in [-0.3, -0.25) is 4.79 Å². The first-order valence-electron chi connectivity index (χ1n) is 8.94. The monoisotopic (exact) mass is 344 g/mol. The predicted molar refractivity (Wildman–Crippen MR) is 99.4 cm³/mol. The minimum atomic E-state index is -0.189. The molecule has 1 amide bonds. The van der Waals surface area contributed by atoms with E-state index in [9.17, 15) is 4.79 Å². The smallest absolute Gasteiger partial charge is 0.253 e. The molecule has 2 heterocycles. The van der Waals surface area contributed by atoms with E-state index < -0.39 is 0 Å². The first kappa shape index (κ1) is 17.8. The van der Waals surface area contributed by atoms with Crippen LogP contribution in [0.15, 0.2) is 24.4 Å². The van der Waals surface area contributed by atoms with E-state index in [1.54, 1.807) is 7.11 Å². The van der Waals surface area contributed by atoms with Gasteiger partial charge in [-0.15, -0.1) is 0 Å². The van der Waals surface area contributed by atoms with Gasteiger partial charge < -0.3 is 19.4 Å². The third-order valence-corrected chi connectivity index (χ3v) is 4.87. The van der Waals surface area contributed by atoms with E-state index in [1.165, 1.54) is 0 Å². The predicted octanol–water partition coefficient (Wildman–Crippen LogP) is 3.92. The van der Waals surface area contributed by atoms with Crippen molar-refractivity contribution in [3.05, 3.63) is 30.0 Å². The average molecular weight is 344 g/mol. The van der Waals surface area contributed by atoms with Crippen LogP contribution in [0.3, 0.4) is 0 Å². The van der Waals surface area contributed by atoms with Gasteiger partial charge in [0.25, 0.3) is 5.91 Å². The van der Waals surface area contributed by atoms with E-state index >= 15 is 0 Å². The summed E-state index contributed by atoms with van der Waals surface area (Å²) in [5, 5.41) is 4.13. The molecule has 1 atom stereocenters. The molecular formula is C20H28N2O3. The summed E-state index contributed by atoms with van der Waals surface area (Å²) in [5.41, 5.74) is 1.56. The van der Waals surface area contributed by atoms with Crippen LogP contribution < -0.4 is 10.1 Å². The molecule has 1 aromatic heterocycles. The molecule has 3 rings (SSSR count). The molecule has 1 fully saturated rings. The normalized spacial score (nSPS) is 20.0. The lowest BCUT2D eigenvalue weighted by molar-refractivity contribution is -0.0615. The van der Waals surface area contributed by atoms with Gasteiger partial charge in [-0.25, -0.2) is 0 Å². The van der Waals surface area contributed by atoms with Crippen LogP contribution in [0.25, 0.3) is 10.9 Å². The second-order valence-corrected chi connectivity index (χ2v) is 7.70. The number of benzene rings is 1. The van der Waals surface area contributed by atoms with E-state index in [1.807, 2.05) is 24.4 Å². The molecule has 25 heavy (non-hydrogen) atoms. The number of ether oxygens (including phenoxy) is 2. The Morgan fingerprint density at radius 1 is 1.40 bits per heavy atom. The van der Waals surface area contributed by atoms with Crippen molar-refractivity contribution in [1.82, 2.24) is 9.88 Å². The van der Waals surface area contributed by atoms with Crippen molar-refractivity contribution in [2.75, 3.05) is 13.7 Å². The van der Waals surface area contributed by atoms with Crippen LogP contribution in [0.4, 0.5) is 0 Å². The Bertz CT molecular complexity index is 777. The Morgan fingerprint density at radius 2 is 2.16 bits per heavy atom. The van der Waals surface area contributed by atoms with Gasteiger partial charge in [0.05, 0.1) is 18.3 Å². The fourth-order valence-corrected chi connectivity index (χ4v) is 3.59. The van der Waals surface area contributed by atoms with Gasteiger partial charge in [0, 0.05) is 35.8 Å². The zero-order chi connectivity index (χ0) is 18.2. The van der Waals surface area contributed by atoms with Gasteiger partial charge in [-0.05, 0) is 58.7 Å². The summed E-state index contributed by atoms with van der Waals surface area (Å²) in [7, 11) is 1.64. The maximum atomic E-state index is 13.0. The first-order valence-corrected chi connectivity index (χ1v) is 8.94. The molecule has 1 aliphatic rings. The molecule has 0 radical (unpaired) electrons. The molecule has 2 aromatic rings. The molecule has 0 bridgehead atoms. The number of hydrogen-bond acceptors (Lipinski definition) is 3. The largest absolute Gasteiger partial charge is 0.497 e. The van der Waals surface area contributed by atoms with Crippen molar-refractivity contribution in [3.8, 4) is 5.75 Å². The molecule has 0 saturated carbocycles. The van der Waals surface area contributed by atoms with Crippen LogP contribution in [0.2, 0.25) is 0 Å². The summed E-state index contributed by atoms with van der Waals surface area (Å²) in [6, 6.07) is 6.31. The van der Waals surface area contributed by atoms with Crippen molar-refractivity contribution in [1.29, 1.82) is 0 Å². The number of nitrogens with one attached hydrogen (secondary N) is 1. The van der Waals surface area contributed by atoms with Gasteiger partial charge in [0.2, 0.25) is 0 Å². The Morgan fingerprint density at radius 3 is 2.80 bits per heavy atom. The maximum Gasteiger partial charge on any atom is 0.253 e. The standard InChI is InChI=1S/C20H28N2O3/c1-13(2)22-12-17(16-10-15(24-5)6-7-18(16)22)19(23)21-14-8-9-25-20(3,4)11-14/h6-7,10,12-14H,8-9,11H2,1-5H3,(H,21,23)/t14-/m0/s1. The average Bonchev–Trinajstić information content (AvgIpc) is 2.92. The number of aromatic nitrogens is 1. The fourth-order valence-electron chi connectivity index (χ4n) is 3.59. The number of nitrogens with zero attached hydrogens (tertiary/aromatic N) is 1. The van der Waals surface area contributed by atoms with Crippen molar-refractivity contribution < 1.29 is 14.3 Å². The molecule has 1 saturated heterocycles. The molecule has 1 N–H and O–H groups in total. The molecule has 1 aliphatic heterocycles. The maximum absolute atomic E-state index is 13.0. The van der Waals surface area contributed by atoms with Crippen LogP contribution in [0, 0.1) is 0 Å². The first-order chi connectivity index (χ1) is 11.8. The SMILES string of the molecule is COc1ccc2c(c1)c(C(=O)N[C@H]1CCOC(C)(C)C1)cn2C(C)C. The number of methoxy groups -OCH3 is 1. The van der Waals surface area contributed by atoms with Gasteiger partial charge in [-0.2, -0.15) is 0 Å². The number of carbonyl (C=O) groups is 1. The van der Waals surface area contributed by atoms with Crippen molar-refractivity contribution >= 4 is 16.8 Å². The highest BCUT2D eigenvalue weighted by Gasteiger charge is 2.30. The second kappa shape index (κ2) is 6.71. The van der Waals surface area contributed by atoms with Crippen molar-refractivity contribution in [3.63, 3.8) is 0 Å². The third-order valence-electron chi connectivity index (χ3n) is 4.87. The summed E-state index contributed by atoms with van der Waals surface area (Å²) in [4.78, 5) is 13.0. The zero-order valence-electron chi connectivity index (χ0n) is 15.8. The van der Waals surface area contributed by atoms with E-state index in [0.29, 0.717) is 12.2 Å². The summed E-state index contributed by atoms with van der Waals surface area (Å²) >= 11 is 0. The molecule has 1 aromatic carbocycles. The van der Waals surface area contributed by atoms with Crippen molar-refractivity contribution in [2.24, 2.45) is 0 Å². The number of carbonyl (C=O) groups excluding carboxylic acids is 1. The minimum absolute atomic E-state index is 0.0275. The fraction of sp³-hybridized carbons (Fsp3) is 0.550. The number of amides is 1. The molecule has 5 nitrogen and oxygen atoms in total. The summed E-state index contributed by atoms with van der Waals surface area (Å²) in [6.07, 6.45) is 3.63. The topological polar surface area (TPSA) is 52.5 Å². The summed E-state index contributed by atoms with van der Waals surface area (Å²) < 4.78 is 13.2. The lowest BCUT2D eigenvalue weighted by Gasteiger charge is -2.35. The quantitative estimate of drug-likeness (QED) is 0.915. The van der Waals surface area contributed by atoms with Crippen LogP contribution in [-0.4, -0.2) is 35.8 Å². The van der Waals surface area contributed by atoms with E-state index in [2.05, 4.69) is 37.6 Å². The molecule has 5 heteroatoms. The van der Waals surface area contributed by atoms with E-state index in [0.717, 1.165) is 29.5 Å². The lowest BCUT2D eigenvalue weighted by Crippen LogP contribution is -2.45. The molecule has 0 unspecified atom stereocenters. The van der Waals surface area contributed by atoms with Crippen LogP contribution in [0.5, 0.6) is 5.75 Å². The van der Waals surface area contributed by atoms with Crippen LogP contribution in [-0.2, 0) is 4.74 Å². The Hall–Kier alpha value is -2.01. The van der Waals surface area contributed by atoms with Gasteiger partial charge >= 0.3 is 0 Å². The molecule has 0 spiro atoms. The van der Waals surface area contributed by atoms with Gasteiger partial charge in [0.1, 0.15) is 5.75 Å². The van der Waals surface area contributed by atoms with Gasteiger partial charge in [-0.1, -0.05) is 0 Å². The lowest BCUT2D eigenvalue weighted by atomic mass is 9.94. The Kier molecular flexibility index (Phi) is 4.78. The Balaban J connectivity index is 1.92. The number of hydrogen-bond donors (Lipinski definition) is 1. The minimum Gasteiger partial charge on any atom is -0.497 e. The third kappa shape index (κ3) is 3.66. The highest BCUT2D eigenvalue weighted by atomic mass is 16.5. The van der Waals surface area contributed by atoms with Crippen molar-refractivity contribution in [2.45, 2.75) is 58.2 Å². The molecule has 136 valence electrons. The molecule has 0 aliphatic carbocycles. The second-order valence-electron chi connectivity index (χ2n) is 7.70. The van der Waals surface area contributed by atoms with Gasteiger partial charge in [0.15, 0.2) is 0 Å². The van der Waals surface area contributed by atoms with Crippen LogP contribution >= 0.6 is 0 Å². The van der Waals surface area contributed by atoms with Crippen LogP contribution in [0.1, 0.15) is 56.9 Å². The Labute approximate surface area is 149 Å². The highest BCUT2D eigenvalue weighted by Crippen LogP contribution is 2.29. The van der Waals surface area contributed by atoms with E-state index in [4.69, 9.17) is 9.47 Å². The summed E-state index contributed by atoms with van der Waals surface area (Å²) in [5.74, 6) is 0.732. The number of fused-ring (bicyclic) bond motifs is 1. The molecular weight excluding hydrogens is 316 g/mol.